The highest BCUT2D eigenvalue weighted by Crippen LogP contribution is 2.34. The van der Waals surface area contributed by atoms with Crippen molar-refractivity contribution in [1.82, 2.24) is 10.4 Å². The second kappa shape index (κ2) is 6.88. The van der Waals surface area contributed by atoms with E-state index in [1.54, 1.807) is 0 Å². The average molecular weight is 347 g/mol. The summed E-state index contributed by atoms with van der Waals surface area (Å²) >= 11 is 0. The summed E-state index contributed by atoms with van der Waals surface area (Å²) < 4.78 is 38.7. The Morgan fingerprint density at radius 3 is 2.56 bits per heavy atom. The van der Waals surface area contributed by atoms with Crippen molar-refractivity contribution < 1.29 is 18.0 Å². The molecule has 0 atom stereocenters. The number of aryl methyl sites for hydroxylation is 1. The number of fused-ring (bicyclic) bond motifs is 1. The van der Waals surface area contributed by atoms with Gasteiger partial charge in [0.1, 0.15) is 0 Å². The van der Waals surface area contributed by atoms with Crippen molar-refractivity contribution in [2.24, 2.45) is 0 Å². The molecule has 0 saturated heterocycles. The van der Waals surface area contributed by atoms with E-state index in [2.05, 4.69) is 15.8 Å². The number of para-hydroxylation sites is 2. The fourth-order valence-electron chi connectivity index (χ4n) is 2.63. The molecular weight excluding hydrogens is 331 g/mol. The Hall–Kier alpha value is -2.96. The second-order valence-electron chi connectivity index (χ2n) is 5.58. The molecule has 3 aromatic rings. The van der Waals surface area contributed by atoms with Crippen LogP contribution in [0.15, 0.2) is 54.7 Å². The minimum atomic E-state index is -4.49. The van der Waals surface area contributed by atoms with Crippen molar-refractivity contribution in [1.29, 1.82) is 0 Å². The maximum absolute atomic E-state index is 12.9. The molecule has 0 saturated carbocycles. The fourth-order valence-corrected chi connectivity index (χ4v) is 2.63. The van der Waals surface area contributed by atoms with E-state index >= 15 is 0 Å². The van der Waals surface area contributed by atoms with Crippen LogP contribution in [0.4, 0.5) is 18.9 Å². The van der Waals surface area contributed by atoms with Crippen molar-refractivity contribution in [2.75, 3.05) is 5.43 Å². The van der Waals surface area contributed by atoms with E-state index in [0.717, 1.165) is 22.5 Å². The minimum Gasteiger partial charge on any atom is -0.361 e. The van der Waals surface area contributed by atoms with Crippen LogP contribution < -0.4 is 10.9 Å². The molecule has 0 aliphatic carbocycles. The summed E-state index contributed by atoms with van der Waals surface area (Å²) in [5.41, 5.74) is 5.64. The van der Waals surface area contributed by atoms with Crippen LogP contribution in [0.25, 0.3) is 10.9 Å². The number of benzene rings is 2. The lowest BCUT2D eigenvalue weighted by molar-refractivity contribution is -0.137. The lowest BCUT2D eigenvalue weighted by Gasteiger charge is -2.14. The molecule has 7 heteroatoms. The molecule has 1 aromatic heterocycles. The molecule has 1 amide bonds. The smallest absolute Gasteiger partial charge is 0.361 e. The number of aromatic amines is 1. The van der Waals surface area contributed by atoms with Crippen LogP contribution in [-0.4, -0.2) is 10.9 Å². The molecule has 0 fully saturated rings. The summed E-state index contributed by atoms with van der Waals surface area (Å²) in [7, 11) is 0. The highest BCUT2D eigenvalue weighted by Gasteiger charge is 2.33. The zero-order chi connectivity index (χ0) is 17.9. The number of hydrogen-bond acceptors (Lipinski definition) is 2. The zero-order valence-electron chi connectivity index (χ0n) is 13.2. The van der Waals surface area contributed by atoms with Crippen LogP contribution in [0.1, 0.15) is 17.5 Å². The van der Waals surface area contributed by atoms with Gasteiger partial charge in [0, 0.05) is 23.5 Å². The van der Waals surface area contributed by atoms with Crippen molar-refractivity contribution in [2.45, 2.75) is 19.0 Å². The average Bonchev–Trinajstić information content (AvgIpc) is 3.01. The largest absolute Gasteiger partial charge is 0.418 e. The van der Waals surface area contributed by atoms with Crippen LogP contribution >= 0.6 is 0 Å². The van der Waals surface area contributed by atoms with Gasteiger partial charge in [-0.2, -0.15) is 13.2 Å². The molecule has 1 heterocycles. The summed E-state index contributed by atoms with van der Waals surface area (Å²) in [6.45, 7) is 0. The van der Waals surface area contributed by atoms with E-state index in [-0.39, 0.29) is 18.0 Å². The predicted molar refractivity (Wildman–Crippen MR) is 89.8 cm³/mol. The van der Waals surface area contributed by atoms with Gasteiger partial charge in [0.2, 0.25) is 5.91 Å². The number of nitrogens with one attached hydrogen (secondary N) is 3. The third kappa shape index (κ3) is 3.93. The normalized spacial score (nSPS) is 11.5. The summed E-state index contributed by atoms with van der Waals surface area (Å²) in [6, 6.07) is 12.7. The van der Waals surface area contributed by atoms with E-state index in [1.165, 1.54) is 18.2 Å². The number of halogens is 3. The maximum atomic E-state index is 12.9. The molecule has 4 nitrogen and oxygen atoms in total. The van der Waals surface area contributed by atoms with Gasteiger partial charge in [0.05, 0.1) is 11.3 Å². The van der Waals surface area contributed by atoms with E-state index in [9.17, 15) is 18.0 Å². The van der Waals surface area contributed by atoms with Gasteiger partial charge in [-0.3, -0.25) is 15.6 Å². The molecule has 0 radical (unpaired) electrons. The number of amides is 1. The molecule has 0 aliphatic rings. The van der Waals surface area contributed by atoms with Gasteiger partial charge >= 0.3 is 6.18 Å². The Kier molecular flexibility index (Phi) is 4.65. The van der Waals surface area contributed by atoms with Crippen LogP contribution in [-0.2, 0) is 17.4 Å². The second-order valence-corrected chi connectivity index (χ2v) is 5.58. The molecule has 2 aromatic carbocycles. The number of hydrazine groups is 1. The van der Waals surface area contributed by atoms with Crippen molar-refractivity contribution in [3.05, 3.63) is 65.9 Å². The monoisotopic (exact) mass is 347 g/mol. The lowest BCUT2D eigenvalue weighted by atomic mass is 10.1. The van der Waals surface area contributed by atoms with Gasteiger partial charge in [0.25, 0.3) is 0 Å². The fraction of sp³-hybridized carbons (Fsp3) is 0.167. The SMILES string of the molecule is O=C(CCc1c[nH]c2ccccc12)NNc1ccccc1C(F)(F)F. The van der Waals surface area contributed by atoms with E-state index in [4.69, 9.17) is 0 Å². The number of H-pyrrole nitrogens is 1. The van der Waals surface area contributed by atoms with Crippen LogP contribution in [0.2, 0.25) is 0 Å². The summed E-state index contributed by atoms with van der Waals surface area (Å²) in [5, 5.41) is 1.03. The Balaban J connectivity index is 1.59. The zero-order valence-corrected chi connectivity index (χ0v) is 13.2. The highest BCUT2D eigenvalue weighted by molar-refractivity contribution is 5.84. The number of aromatic nitrogens is 1. The molecule has 0 unspecified atom stereocenters. The number of carbonyl (C=O) groups excluding carboxylic acids is 1. The van der Waals surface area contributed by atoms with Crippen LogP contribution in [0.5, 0.6) is 0 Å². The number of rotatable bonds is 5. The first-order valence-electron chi connectivity index (χ1n) is 7.71. The van der Waals surface area contributed by atoms with Crippen molar-refractivity contribution in [3.8, 4) is 0 Å². The van der Waals surface area contributed by atoms with Crippen LogP contribution in [0.3, 0.4) is 0 Å². The number of hydrogen-bond donors (Lipinski definition) is 3. The quantitative estimate of drug-likeness (QED) is 0.604. The maximum Gasteiger partial charge on any atom is 0.418 e. The van der Waals surface area contributed by atoms with E-state index in [1.807, 2.05) is 30.5 Å². The Bertz CT molecular complexity index is 886. The first kappa shape index (κ1) is 16.9. The Morgan fingerprint density at radius 2 is 1.76 bits per heavy atom. The van der Waals surface area contributed by atoms with Gasteiger partial charge in [-0.25, -0.2) is 0 Å². The third-order valence-electron chi connectivity index (χ3n) is 3.87. The number of carbonyl (C=O) groups is 1. The van der Waals surface area contributed by atoms with Crippen molar-refractivity contribution in [3.63, 3.8) is 0 Å². The topological polar surface area (TPSA) is 56.9 Å². The van der Waals surface area contributed by atoms with Gasteiger partial charge in [-0.1, -0.05) is 30.3 Å². The first-order chi connectivity index (χ1) is 11.9. The standard InChI is InChI=1S/C18H16F3N3O/c19-18(20,21)14-6-2-4-8-16(14)23-24-17(25)10-9-12-11-22-15-7-3-1-5-13(12)15/h1-8,11,22-23H,9-10H2,(H,24,25). The lowest BCUT2D eigenvalue weighted by Crippen LogP contribution is -2.30. The Morgan fingerprint density at radius 1 is 1.04 bits per heavy atom. The molecular formula is C18H16F3N3O. The Labute approximate surface area is 142 Å². The van der Waals surface area contributed by atoms with E-state index in [0.29, 0.717) is 6.42 Å². The van der Waals surface area contributed by atoms with Gasteiger partial charge in [-0.15, -0.1) is 0 Å². The molecule has 3 N–H and O–H groups in total. The summed E-state index contributed by atoms with van der Waals surface area (Å²) in [5.74, 6) is -0.387. The first-order valence-corrected chi connectivity index (χ1v) is 7.71. The summed E-state index contributed by atoms with van der Waals surface area (Å²) in [4.78, 5) is 15.1. The van der Waals surface area contributed by atoms with Crippen molar-refractivity contribution >= 4 is 22.5 Å². The predicted octanol–water partition coefficient (Wildman–Crippen LogP) is 4.26. The van der Waals surface area contributed by atoms with Gasteiger partial charge in [0.15, 0.2) is 0 Å². The molecule has 0 aliphatic heterocycles. The number of alkyl halides is 3. The van der Waals surface area contributed by atoms with Gasteiger partial charge < -0.3 is 4.98 Å². The van der Waals surface area contributed by atoms with Crippen LogP contribution in [0, 0.1) is 0 Å². The van der Waals surface area contributed by atoms with Gasteiger partial charge in [-0.05, 0) is 30.2 Å². The molecule has 3 rings (SSSR count). The van der Waals surface area contributed by atoms with E-state index < -0.39 is 11.7 Å². The molecule has 130 valence electrons. The molecule has 0 spiro atoms. The molecule has 0 bridgehead atoms. The molecule has 25 heavy (non-hydrogen) atoms. The highest BCUT2D eigenvalue weighted by atomic mass is 19.4. The minimum absolute atomic E-state index is 0.156. The summed E-state index contributed by atoms with van der Waals surface area (Å²) in [6.07, 6.45) is -2.01. The number of anilines is 1. The third-order valence-corrected chi connectivity index (χ3v) is 3.87.